The molecular formula is C33H47FN2O6. The van der Waals surface area contributed by atoms with Crippen molar-refractivity contribution in [3.63, 3.8) is 0 Å². The molecule has 0 aliphatic rings. The predicted molar refractivity (Wildman–Crippen MR) is 160 cm³/mol. The highest BCUT2D eigenvalue weighted by atomic mass is 19.1. The predicted octanol–water partition coefficient (Wildman–Crippen LogP) is 7.39. The number of hydrogen-bond acceptors (Lipinski definition) is 6. The van der Waals surface area contributed by atoms with Gasteiger partial charge >= 0.3 is 12.0 Å². The van der Waals surface area contributed by atoms with Crippen molar-refractivity contribution < 1.29 is 33.1 Å². The van der Waals surface area contributed by atoms with Crippen LogP contribution in [0.2, 0.25) is 0 Å². The van der Waals surface area contributed by atoms with Crippen LogP contribution in [-0.4, -0.2) is 41.6 Å². The van der Waals surface area contributed by atoms with E-state index in [-0.39, 0.29) is 36.7 Å². The van der Waals surface area contributed by atoms with Gasteiger partial charge in [-0.15, -0.1) is 0 Å². The Labute approximate surface area is 249 Å². The first-order valence-electron chi connectivity index (χ1n) is 14.7. The highest BCUT2D eigenvalue weighted by Crippen LogP contribution is 2.24. The quantitative estimate of drug-likeness (QED) is 0.0954. The number of benzene rings is 2. The molecular weight excluding hydrogens is 539 g/mol. The van der Waals surface area contributed by atoms with Crippen molar-refractivity contribution in [3.8, 4) is 5.75 Å². The van der Waals surface area contributed by atoms with Crippen LogP contribution in [0.4, 0.5) is 9.18 Å². The van der Waals surface area contributed by atoms with Crippen LogP contribution < -0.4 is 10.1 Å². The van der Waals surface area contributed by atoms with Crippen LogP contribution in [0.3, 0.4) is 0 Å². The smallest absolute Gasteiger partial charge is 0.349 e. The van der Waals surface area contributed by atoms with Gasteiger partial charge in [0.2, 0.25) is 0 Å². The average molecular weight is 587 g/mol. The summed E-state index contributed by atoms with van der Waals surface area (Å²) < 4.78 is 25.8. The highest BCUT2D eigenvalue weighted by Gasteiger charge is 2.31. The number of carbonyl (C=O) groups is 3. The number of hydrogen-bond donors (Lipinski definition) is 1. The second-order valence-corrected chi connectivity index (χ2v) is 11.8. The molecule has 0 bridgehead atoms. The minimum Gasteiger partial charge on any atom is -0.476 e. The molecule has 0 spiro atoms. The van der Waals surface area contributed by atoms with Crippen LogP contribution in [0, 0.1) is 11.2 Å². The molecule has 0 fully saturated rings. The molecule has 0 atom stereocenters. The van der Waals surface area contributed by atoms with Crippen LogP contribution in [0.15, 0.2) is 42.5 Å². The summed E-state index contributed by atoms with van der Waals surface area (Å²) in [7, 11) is 0. The monoisotopic (exact) mass is 586 g/mol. The fraction of sp³-hybridized carbons (Fsp3) is 0.545. The van der Waals surface area contributed by atoms with E-state index in [0.717, 1.165) is 42.7 Å². The first-order valence-corrected chi connectivity index (χ1v) is 14.7. The van der Waals surface area contributed by atoms with Gasteiger partial charge in [0.1, 0.15) is 18.2 Å². The Morgan fingerprint density at radius 2 is 1.57 bits per heavy atom. The Bertz CT molecular complexity index is 1170. The van der Waals surface area contributed by atoms with Crippen molar-refractivity contribution in [2.45, 2.75) is 99.3 Å². The minimum atomic E-state index is -1.17. The molecule has 2 amide bonds. The molecule has 0 aliphatic carbocycles. The van der Waals surface area contributed by atoms with Gasteiger partial charge < -0.3 is 14.8 Å². The van der Waals surface area contributed by atoms with Gasteiger partial charge in [-0.2, -0.15) is 5.06 Å². The largest absolute Gasteiger partial charge is 0.476 e. The summed E-state index contributed by atoms with van der Waals surface area (Å²) in [5.41, 5.74) is -0.551. The van der Waals surface area contributed by atoms with Crippen molar-refractivity contribution in [1.29, 1.82) is 0 Å². The number of urea groups is 1. The third-order valence-corrected chi connectivity index (χ3v) is 6.54. The maximum atomic E-state index is 14.9. The van der Waals surface area contributed by atoms with E-state index in [1.807, 2.05) is 0 Å². The lowest BCUT2D eigenvalue weighted by molar-refractivity contribution is -0.158. The fourth-order valence-corrected chi connectivity index (χ4v) is 4.04. The Balaban J connectivity index is 2.13. The second kappa shape index (κ2) is 16.2. The van der Waals surface area contributed by atoms with E-state index in [2.05, 4.69) is 12.2 Å². The van der Waals surface area contributed by atoms with Gasteiger partial charge in [-0.25, -0.2) is 14.0 Å². The van der Waals surface area contributed by atoms with Gasteiger partial charge in [0.05, 0.1) is 13.2 Å². The van der Waals surface area contributed by atoms with E-state index in [1.54, 1.807) is 71.9 Å². The molecule has 8 nitrogen and oxygen atoms in total. The summed E-state index contributed by atoms with van der Waals surface area (Å²) in [6.07, 6.45) is 5.27. The third-order valence-electron chi connectivity index (χ3n) is 6.54. The van der Waals surface area contributed by atoms with Crippen LogP contribution in [0.1, 0.15) is 102 Å². The van der Waals surface area contributed by atoms with E-state index < -0.39 is 28.8 Å². The van der Waals surface area contributed by atoms with Gasteiger partial charge in [0.25, 0.3) is 0 Å². The van der Waals surface area contributed by atoms with Crippen LogP contribution in [-0.2, 0) is 27.5 Å². The van der Waals surface area contributed by atoms with E-state index in [0.29, 0.717) is 12.3 Å². The topological polar surface area (TPSA) is 94.2 Å². The van der Waals surface area contributed by atoms with Crippen LogP contribution in [0.5, 0.6) is 5.75 Å². The third kappa shape index (κ3) is 11.1. The molecule has 0 heterocycles. The van der Waals surface area contributed by atoms with E-state index in [9.17, 15) is 18.8 Å². The SMILES string of the molecule is CCCCCCCNC(=O)N(Cc1ccc(OC(C)(C)C(=O)OCC)cc1)OCc1ccc(C(=O)C(C)(C)C)cc1F. The number of amides is 2. The summed E-state index contributed by atoms with van der Waals surface area (Å²) >= 11 is 0. The normalized spacial score (nSPS) is 11.6. The number of rotatable bonds is 16. The first kappa shape index (κ1) is 34.7. The lowest BCUT2D eigenvalue weighted by Gasteiger charge is -2.25. The highest BCUT2D eigenvalue weighted by molar-refractivity contribution is 5.99. The summed E-state index contributed by atoms with van der Waals surface area (Å²) in [5, 5.41) is 4.05. The number of esters is 1. The molecule has 0 aromatic heterocycles. The Kier molecular flexibility index (Phi) is 13.4. The lowest BCUT2D eigenvalue weighted by atomic mass is 9.86. The Morgan fingerprint density at radius 1 is 0.905 bits per heavy atom. The first-order chi connectivity index (χ1) is 19.8. The number of hydroxylamine groups is 2. The van der Waals surface area contributed by atoms with Crippen molar-refractivity contribution in [2.75, 3.05) is 13.2 Å². The molecule has 0 saturated heterocycles. The van der Waals surface area contributed by atoms with Crippen molar-refractivity contribution in [3.05, 3.63) is 65.0 Å². The molecule has 2 aromatic carbocycles. The molecule has 2 aromatic rings. The van der Waals surface area contributed by atoms with Gasteiger partial charge in [-0.3, -0.25) is 9.63 Å². The molecule has 9 heteroatoms. The Hall–Kier alpha value is -3.46. The minimum absolute atomic E-state index is 0.0887. The van der Waals surface area contributed by atoms with Crippen LogP contribution in [0.25, 0.3) is 0 Å². The van der Waals surface area contributed by atoms with Crippen molar-refractivity contribution in [1.82, 2.24) is 10.4 Å². The number of ketones is 1. The number of Topliss-reactive ketones (excluding diaryl/α,β-unsaturated/α-hetero) is 1. The number of nitrogens with one attached hydrogen (secondary N) is 1. The molecule has 0 radical (unpaired) electrons. The molecule has 42 heavy (non-hydrogen) atoms. The van der Waals surface area contributed by atoms with Crippen molar-refractivity contribution >= 4 is 17.8 Å². The zero-order valence-corrected chi connectivity index (χ0v) is 26.2. The molecule has 0 saturated carbocycles. The average Bonchev–Trinajstić information content (AvgIpc) is 2.93. The van der Waals surface area contributed by atoms with E-state index >= 15 is 0 Å². The van der Waals surface area contributed by atoms with Gasteiger partial charge in [0, 0.05) is 23.1 Å². The fourth-order valence-electron chi connectivity index (χ4n) is 4.04. The number of ether oxygens (including phenoxy) is 2. The molecule has 2 rings (SSSR count). The zero-order valence-electron chi connectivity index (χ0n) is 26.2. The van der Waals surface area contributed by atoms with Crippen molar-refractivity contribution in [2.24, 2.45) is 5.41 Å². The van der Waals surface area contributed by atoms with Gasteiger partial charge in [0.15, 0.2) is 11.4 Å². The van der Waals surface area contributed by atoms with Gasteiger partial charge in [-0.05, 0) is 51.0 Å². The van der Waals surface area contributed by atoms with E-state index in [4.69, 9.17) is 14.3 Å². The summed E-state index contributed by atoms with van der Waals surface area (Å²) in [6.45, 7) is 13.1. The van der Waals surface area contributed by atoms with Gasteiger partial charge in [-0.1, -0.05) is 77.6 Å². The Morgan fingerprint density at radius 3 is 2.17 bits per heavy atom. The summed E-state index contributed by atoms with van der Waals surface area (Å²) in [6, 6.07) is 10.8. The standard InChI is InChI=1S/C33H47FN2O6/c1-8-10-11-12-13-20-35-31(39)36(41-23-26-17-16-25(21-28(26)34)29(37)32(3,4)5)22-24-14-18-27(19-15-24)42-33(6,7)30(38)40-9-2/h14-19,21H,8-13,20,22-23H2,1-7H3,(H,35,39). The molecule has 232 valence electrons. The number of halogens is 1. The van der Waals surface area contributed by atoms with E-state index in [1.165, 1.54) is 12.1 Å². The number of carbonyl (C=O) groups excluding carboxylic acids is 3. The lowest BCUT2D eigenvalue weighted by Crippen LogP contribution is -2.40. The summed E-state index contributed by atoms with van der Waals surface area (Å²) in [4.78, 5) is 43.6. The second-order valence-electron chi connectivity index (χ2n) is 11.8. The molecule has 0 unspecified atom stereocenters. The maximum absolute atomic E-state index is 14.9. The maximum Gasteiger partial charge on any atom is 0.349 e. The summed E-state index contributed by atoms with van der Waals surface area (Å²) in [5.74, 6) is -0.741. The number of unbranched alkanes of at least 4 members (excludes halogenated alkanes) is 4. The molecule has 0 aliphatic heterocycles. The molecule has 1 N–H and O–H groups in total. The van der Waals surface area contributed by atoms with Crippen LogP contribution >= 0.6 is 0 Å². The number of nitrogens with zero attached hydrogens (tertiary/aromatic N) is 1. The zero-order chi connectivity index (χ0) is 31.3.